The number of hydrogen-bond acceptors (Lipinski definition) is 5. The van der Waals surface area contributed by atoms with Crippen molar-refractivity contribution in [3.05, 3.63) is 58.0 Å². The second-order valence-electron chi connectivity index (χ2n) is 3.76. The first-order valence-corrected chi connectivity index (χ1v) is 5.43. The Morgan fingerprint density at radius 3 is 2.79 bits per heavy atom. The van der Waals surface area contributed by atoms with E-state index in [-0.39, 0.29) is 23.5 Å². The maximum Gasteiger partial charge on any atom is 0.292 e. The molecule has 7 nitrogen and oxygen atoms in total. The summed E-state index contributed by atoms with van der Waals surface area (Å²) in [6.07, 6.45) is 1.49. The minimum atomic E-state index is -0.626. The third-order valence-corrected chi connectivity index (χ3v) is 2.53. The van der Waals surface area contributed by atoms with Crippen molar-refractivity contribution in [2.24, 2.45) is 0 Å². The molecule has 1 amide bonds. The molecular formula is C12H11N3O4. The number of nitrogens with two attached hydrogens (primary N) is 1. The molecular weight excluding hydrogens is 250 g/mol. The number of nitrogen functional groups attached to an aromatic ring is 1. The van der Waals surface area contributed by atoms with E-state index in [2.05, 4.69) is 5.32 Å². The summed E-state index contributed by atoms with van der Waals surface area (Å²) in [7, 11) is 0. The van der Waals surface area contributed by atoms with Crippen LogP contribution in [0.2, 0.25) is 0 Å². The monoisotopic (exact) mass is 261 g/mol. The Balaban J connectivity index is 2.15. The van der Waals surface area contributed by atoms with E-state index in [0.717, 1.165) is 0 Å². The molecule has 0 unspecified atom stereocenters. The molecule has 0 aliphatic carbocycles. The molecule has 0 bridgehead atoms. The smallest absolute Gasteiger partial charge is 0.292 e. The summed E-state index contributed by atoms with van der Waals surface area (Å²) >= 11 is 0. The molecule has 1 heterocycles. The number of benzene rings is 1. The first-order valence-electron chi connectivity index (χ1n) is 5.43. The highest BCUT2D eigenvalue weighted by atomic mass is 16.6. The first kappa shape index (κ1) is 12.6. The predicted molar refractivity (Wildman–Crippen MR) is 67.4 cm³/mol. The van der Waals surface area contributed by atoms with Gasteiger partial charge >= 0.3 is 0 Å². The van der Waals surface area contributed by atoms with Crippen LogP contribution in [0.4, 0.5) is 11.4 Å². The number of nitro benzene ring substituents is 1. The van der Waals surface area contributed by atoms with Crippen molar-refractivity contribution in [1.82, 2.24) is 5.32 Å². The van der Waals surface area contributed by atoms with Crippen molar-refractivity contribution in [2.75, 3.05) is 5.73 Å². The van der Waals surface area contributed by atoms with Crippen LogP contribution in [0.15, 0.2) is 41.0 Å². The van der Waals surface area contributed by atoms with Crippen LogP contribution in [0.3, 0.4) is 0 Å². The number of nitrogens with zero attached hydrogens (tertiary/aromatic N) is 1. The number of nitrogens with one attached hydrogen (secondary N) is 1. The number of hydrogen-bond donors (Lipinski definition) is 2. The topological polar surface area (TPSA) is 111 Å². The van der Waals surface area contributed by atoms with Crippen LogP contribution in [0, 0.1) is 10.1 Å². The predicted octanol–water partition coefficient (Wildman–Crippen LogP) is 1.70. The largest absolute Gasteiger partial charge is 0.467 e. The Morgan fingerprint density at radius 1 is 1.37 bits per heavy atom. The van der Waals surface area contributed by atoms with Crippen molar-refractivity contribution < 1.29 is 14.1 Å². The summed E-state index contributed by atoms with van der Waals surface area (Å²) in [6, 6.07) is 7.50. The molecule has 0 fully saturated rings. The fourth-order valence-electron chi connectivity index (χ4n) is 1.59. The number of carbonyl (C=O) groups excluding carboxylic acids is 1. The van der Waals surface area contributed by atoms with E-state index >= 15 is 0 Å². The summed E-state index contributed by atoms with van der Waals surface area (Å²) in [5.41, 5.74) is 5.24. The molecule has 98 valence electrons. The number of rotatable bonds is 4. The number of furan rings is 1. The van der Waals surface area contributed by atoms with Gasteiger partial charge in [0.05, 0.1) is 23.3 Å². The van der Waals surface area contributed by atoms with E-state index in [1.807, 2.05) is 0 Å². The lowest BCUT2D eigenvalue weighted by atomic mass is 10.1. The second-order valence-corrected chi connectivity index (χ2v) is 3.76. The van der Waals surface area contributed by atoms with Gasteiger partial charge in [0.25, 0.3) is 11.6 Å². The van der Waals surface area contributed by atoms with Crippen molar-refractivity contribution in [3.8, 4) is 0 Å². The number of carbonyl (C=O) groups is 1. The van der Waals surface area contributed by atoms with Crippen LogP contribution in [0.25, 0.3) is 0 Å². The fourth-order valence-corrected chi connectivity index (χ4v) is 1.59. The van der Waals surface area contributed by atoms with Gasteiger partial charge in [-0.15, -0.1) is 0 Å². The van der Waals surface area contributed by atoms with Crippen molar-refractivity contribution >= 4 is 17.3 Å². The number of nitro groups is 1. The van der Waals surface area contributed by atoms with Crippen molar-refractivity contribution in [3.63, 3.8) is 0 Å². The highest BCUT2D eigenvalue weighted by molar-refractivity contribution is 6.00. The van der Waals surface area contributed by atoms with E-state index in [4.69, 9.17) is 10.2 Å². The zero-order valence-corrected chi connectivity index (χ0v) is 9.83. The summed E-state index contributed by atoms with van der Waals surface area (Å²) < 4.78 is 5.06. The molecule has 0 atom stereocenters. The molecule has 1 aromatic heterocycles. The standard InChI is InChI=1S/C12H11N3O4/c13-11-9(4-1-5-10(11)15(17)18)12(16)14-7-8-3-2-6-19-8/h1-6H,7,13H2,(H,14,16). The third-order valence-electron chi connectivity index (χ3n) is 2.53. The normalized spacial score (nSPS) is 10.1. The van der Waals surface area contributed by atoms with Gasteiger partial charge in [0, 0.05) is 6.07 Å². The van der Waals surface area contributed by atoms with Gasteiger partial charge in [-0.05, 0) is 18.2 Å². The number of para-hydroxylation sites is 1. The highest BCUT2D eigenvalue weighted by Gasteiger charge is 2.18. The molecule has 1 aromatic carbocycles. The lowest BCUT2D eigenvalue weighted by Gasteiger charge is -2.06. The maximum absolute atomic E-state index is 11.9. The first-order chi connectivity index (χ1) is 9.09. The van der Waals surface area contributed by atoms with Gasteiger partial charge in [-0.1, -0.05) is 6.07 Å². The highest BCUT2D eigenvalue weighted by Crippen LogP contribution is 2.24. The average molecular weight is 261 g/mol. The molecule has 0 spiro atoms. The minimum Gasteiger partial charge on any atom is -0.467 e. The van der Waals surface area contributed by atoms with Gasteiger partial charge in [-0.3, -0.25) is 14.9 Å². The lowest BCUT2D eigenvalue weighted by molar-refractivity contribution is -0.383. The molecule has 0 radical (unpaired) electrons. The zero-order valence-electron chi connectivity index (χ0n) is 9.83. The molecule has 0 saturated carbocycles. The second kappa shape index (κ2) is 5.21. The molecule has 0 aliphatic rings. The molecule has 0 aliphatic heterocycles. The van der Waals surface area contributed by atoms with Gasteiger partial charge in [0.1, 0.15) is 11.4 Å². The molecule has 7 heteroatoms. The molecule has 0 saturated heterocycles. The summed E-state index contributed by atoms with van der Waals surface area (Å²) in [6.45, 7) is 0.188. The quantitative estimate of drug-likeness (QED) is 0.494. The molecule has 2 aromatic rings. The number of anilines is 1. The fraction of sp³-hybridized carbons (Fsp3) is 0.0833. The Morgan fingerprint density at radius 2 is 2.16 bits per heavy atom. The summed E-state index contributed by atoms with van der Waals surface area (Å²) in [5, 5.41) is 13.3. The van der Waals surface area contributed by atoms with Crippen LogP contribution in [0.5, 0.6) is 0 Å². The number of amides is 1. The van der Waals surface area contributed by atoms with Gasteiger partial charge in [-0.25, -0.2) is 0 Å². The zero-order chi connectivity index (χ0) is 13.8. The van der Waals surface area contributed by atoms with E-state index in [9.17, 15) is 14.9 Å². The summed E-state index contributed by atoms with van der Waals surface area (Å²) in [5.74, 6) is 0.0925. The van der Waals surface area contributed by atoms with Crippen LogP contribution in [0.1, 0.15) is 16.1 Å². The Labute approximate surface area is 108 Å². The Bertz CT molecular complexity index is 607. The van der Waals surface area contributed by atoms with Gasteiger partial charge in [-0.2, -0.15) is 0 Å². The van der Waals surface area contributed by atoms with E-state index in [0.29, 0.717) is 5.76 Å². The van der Waals surface area contributed by atoms with Crippen molar-refractivity contribution in [2.45, 2.75) is 6.54 Å². The van der Waals surface area contributed by atoms with E-state index in [1.165, 1.54) is 24.5 Å². The Hall–Kier alpha value is -2.83. The minimum absolute atomic E-state index is 0.0701. The Kier molecular flexibility index (Phi) is 3.46. The SMILES string of the molecule is Nc1c(C(=O)NCc2ccco2)cccc1[N+](=O)[O-]. The van der Waals surface area contributed by atoms with Gasteiger partial charge in [0.2, 0.25) is 0 Å². The van der Waals surface area contributed by atoms with Crippen LogP contribution >= 0.6 is 0 Å². The van der Waals surface area contributed by atoms with E-state index < -0.39 is 10.8 Å². The average Bonchev–Trinajstić information content (AvgIpc) is 2.89. The molecule has 2 rings (SSSR count). The van der Waals surface area contributed by atoms with Crippen LogP contribution in [-0.2, 0) is 6.54 Å². The van der Waals surface area contributed by atoms with Crippen LogP contribution in [-0.4, -0.2) is 10.8 Å². The van der Waals surface area contributed by atoms with Crippen molar-refractivity contribution in [1.29, 1.82) is 0 Å². The van der Waals surface area contributed by atoms with Crippen LogP contribution < -0.4 is 11.1 Å². The maximum atomic E-state index is 11.9. The molecule has 3 N–H and O–H groups in total. The summed E-state index contributed by atoms with van der Waals surface area (Å²) in [4.78, 5) is 22.0. The van der Waals surface area contributed by atoms with E-state index in [1.54, 1.807) is 12.1 Å². The third kappa shape index (κ3) is 2.71. The molecule has 19 heavy (non-hydrogen) atoms. The van der Waals surface area contributed by atoms with Gasteiger partial charge in [0.15, 0.2) is 0 Å². The van der Waals surface area contributed by atoms with Gasteiger partial charge < -0.3 is 15.5 Å². The lowest BCUT2D eigenvalue weighted by Crippen LogP contribution is -2.23.